The molecule has 0 bridgehead atoms. The number of nitrogens with zero attached hydrogens (tertiary/aromatic N) is 1. The van der Waals surface area contributed by atoms with E-state index in [4.69, 9.17) is 0 Å². The molecular formula is C10H7F4NO2. The minimum atomic E-state index is -5.07. The predicted molar refractivity (Wildman–Crippen MR) is 48.8 cm³/mol. The highest BCUT2D eigenvalue weighted by atomic mass is 19.4. The van der Waals surface area contributed by atoms with Gasteiger partial charge in [0.15, 0.2) is 5.78 Å². The summed E-state index contributed by atoms with van der Waals surface area (Å²) in [7, 11) is 0. The maximum atomic E-state index is 12.5. The Morgan fingerprint density at radius 3 is 2.29 bits per heavy atom. The van der Waals surface area contributed by atoms with Crippen LogP contribution in [0.15, 0.2) is 18.3 Å². The molecule has 0 aliphatic heterocycles. The first-order chi connectivity index (χ1) is 7.73. The maximum Gasteiger partial charge on any atom is 0.450 e. The number of carbonyl (C=O) groups is 2. The van der Waals surface area contributed by atoms with Crippen molar-refractivity contribution >= 4 is 11.6 Å². The van der Waals surface area contributed by atoms with Gasteiger partial charge in [-0.15, -0.1) is 0 Å². The standard InChI is InChI=1S/C10H7F4NO2/c1-5(9(17)10(12,13)14)8(16)7-3-2-6(11)4-15-7/h2-5H,1H3. The molecule has 1 rings (SSSR count). The van der Waals surface area contributed by atoms with Gasteiger partial charge in [0.05, 0.1) is 12.1 Å². The molecule has 0 aliphatic carbocycles. The van der Waals surface area contributed by atoms with Gasteiger partial charge in [-0.05, 0) is 19.1 Å². The molecule has 0 N–H and O–H groups in total. The number of pyridine rings is 1. The van der Waals surface area contributed by atoms with E-state index in [1.165, 1.54) is 0 Å². The second-order valence-corrected chi connectivity index (χ2v) is 3.31. The molecule has 0 saturated carbocycles. The van der Waals surface area contributed by atoms with Crippen LogP contribution in [0.5, 0.6) is 0 Å². The topological polar surface area (TPSA) is 47.0 Å². The molecule has 7 heteroatoms. The van der Waals surface area contributed by atoms with E-state index < -0.39 is 29.5 Å². The summed E-state index contributed by atoms with van der Waals surface area (Å²) in [5, 5.41) is 0. The fourth-order valence-corrected chi connectivity index (χ4v) is 1.11. The van der Waals surface area contributed by atoms with Crippen LogP contribution in [-0.2, 0) is 4.79 Å². The zero-order valence-electron chi connectivity index (χ0n) is 8.58. The van der Waals surface area contributed by atoms with Gasteiger partial charge in [-0.25, -0.2) is 4.39 Å². The Bertz CT molecular complexity index is 439. The van der Waals surface area contributed by atoms with Gasteiger partial charge in [0, 0.05) is 0 Å². The molecule has 17 heavy (non-hydrogen) atoms. The van der Waals surface area contributed by atoms with E-state index in [-0.39, 0.29) is 5.69 Å². The summed E-state index contributed by atoms with van der Waals surface area (Å²) in [5.74, 6) is -5.84. The smallest absolute Gasteiger partial charge is 0.292 e. The number of hydrogen-bond donors (Lipinski definition) is 0. The third kappa shape index (κ3) is 3.08. The summed E-state index contributed by atoms with van der Waals surface area (Å²) in [6.45, 7) is 0.837. The second kappa shape index (κ2) is 4.60. The Balaban J connectivity index is 2.91. The summed E-state index contributed by atoms with van der Waals surface area (Å²) in [4.78, 5) is 25.6. The van der Waals surface area contributed by atoms with E-state index in [2.05, 4.69) is 4.98 Å². The van der Waals surface area contributed by atoms with Gasteiger partial charge >= 0.3 is 6.18 Å². The fraction of sp³-hybridized carbons (Fsp3) is 0.300. The van der Waals surface area contributed by atoms with E-state index in [0.717, 1.165) is 19.1 Å². The first-order valence-corrected chi connectivity index (χ1v) is 4.50. The van der Waals surface area contributed by atoms with Crippen molar-refractivity contribution in [1.82, 2.24) is 4.98 Å². The van der Waals surface area contributed by atoms with E-state index >= 15 is 0 Å². The van der Waals surface area contributed by atoms with Crippen LogP contribution in [0, 0.1) is 11.7 Å². The van der Waals surface area contributed by atoms with E-state index in [1.807, 2.05) is 0 Å². The molecule has 0 fully saturated rings. The van der Waals surface area contributed by atoms with Crippen LogP contribution in [0.25, 0.3) is 0 Å². The van der Waals surface area contributed by atoms with Crippen LogP contribution < -0.4 is 0 Å². The third-order valence-electron chi connectivity index (χ3n) is 2.05. The number of ketones is 2. The van der Waals surface area contributed by atoms with Gasteiger partial charge in [-0.3, -0.25) is 14.6 Å². The summed E-state index contributed by atoms with van der Waals surface area (Å²) in [6, 6.07) is 1.81. The summed E-state index contributed by atoms with van der Waals surface area (Å²) in [5.41, 5.74) is -0.378. The maximum absolute atomic E-state index is 12.5. The Morgan fingerprint density at radius 1 is 1.29 bits per heavy atom. The third-order valence-corrected chi connectivity index (χ3v) is 2.05. The van der Waals surface area contributed by atoms with Crippen molar-refractivity contribution < 1.29 is 27.2 Å². The van der Waals surface area contributed by atoms with E-state index in [9.17, 15) is 27.2 Å². The van der Waals surface area contributed by atoms with Gasteiger partial charge in [-0.2, -0.15) is 13.2 Å². The molecular weight excluding hydrogens is 242 g/mol. The quantitative estimate of drug-likeness (QED) is 0.468. The number of alkyl halides is 3. The van der Waals surface area contributed by atoms with Crippen LogP contribution in [0.1, 0.15) is 17.4 Å². The van der Waals surface area contributed by atoms with Crippen molar-refractivity contribution in [3.8, 4) is 0 Å². The van der Waals surface area contributed by atoms with Crippen molar-refractivity contribution in [2.24, 2.45) is 5.92 Å². The lowest BCUT2D eigenvalue weighted by Gasteiger charge is -2.11. The summed E-state index contributed by atoms with van der Waals surface area (Å²) >= 11 is 0. The van der Waals surface area contributed by atoms with Crippen molar-refractivity contribution in [1.29, 1.82) is 0 Å². The Hall–Kier alpha value is -1.79. The number of hydrogen-bond acceptors (Lipinski definition) is 3. The first kappa shape index (κ1) is 13.3. The number of carbonyl (C=O) groups excluding carboxylic acids is 2. The molecule has 0 amide bonds. The van der Waals surface area contributed by atoms with Gasteiger partial charge in [0.1, 0.15) is 11.5 Å². The predicted octanol–water partition coefficient (Wildman–Crippen LogP) is 2.17. The minimum absolute atomic E-state index is 0.378. The molecule has 0 aromatic carbocycles. The zero-order valence-corrected chi connectivity index (χ0v) is 8.58. The minimum Gasteiger partial charge on any atom is -0.292 e. The number of halogens is 4. The molecule has 0 radical (unpaired) electrons. The first-order valence-electron chi connectivity index (χ1n) is 4.50. The lowest BCUT2D eigenvalue weighted by Crippen LogP contribution is -2.33. The second-order valence-electron chi connectivity index (χ2n) is 3.31. The molecule has 0 aliphatic rings. The van der Waals surface area contributed by atoms with Gasteiger partial charge < -0.3 is 0 Å². The van der Waals surface area contributed by atoms with Crippen molar-refractivity contribution in [3.05, 3.63) is 29.8 Å². The van der Waals surface area contributed by atoms with Gasteiger partial charge in [0.2, 0.25) is 5.78 Å². The lowest BCUT2D eigenvalue weighted by molar-refractivity contribution is -0.173. The van der Waals surface area contributed by atoms with Crippen molar-refractivity contribution in [2.45, 2.75) is 13.1 Å². The molecule has 92 valence electrons. The Labute approximate surface area is 93.5 Å². The molecule has 1 unspecified atom stereocenters. The number of Topliss-reactive ketones (excluding diaryl/α,β-unsaturated/α-hetero) is 2. The van der Waals surface area contributed by atoms with Crippen molar-refractivity contribution in [2.75, 3.05) is 0 Å². The average molecular weight is 249 g/mol. The van der Waals surface area contributed by atoms with E-state index in [1.54, 1.807) is 0 Å². The molecule has 1 aromatic heterocycles. The average Bonchev–Trinajstić information content (AvgIpc) is 2.26. The van der Waals surface area contributed by atoms with Crippen LogP contribution in [0.4, 0.5) is 17.6 Å². The Kier molecular flexibility index (Phi) is 3.59. The van der Waals surface area contributed by atoms with Crippen LogP contribution in [0.2, 0.25) is 0 Å². The molecule has 1 aromatic rings. The lowest BCUT2D eigenvalue weighted by atomic mass is 9.98. The van der Waals surface area contributed by atoms with Gasteiger partial charge in [0.25, 0.3) is 0 Å². The highest BCUT2D eigenvalue weighted by molar-refractivity contribution is 6.10. The number of rotatable bonds is 3. The normalized spacial score (nSPS) is 13.2. The molecule has 3 nitrogen and oxygen atoms in total. The molecule has 1 heterocycles. The highest BCUT2D eigenvalue weighted by Gasteiger charge is 2.44. The van der Waals surface area contributed by atoms with Gasteiger partial charge in [-0.1, -0.05) is 0 Å². The molecule has 0 saturated heterocycles. The molecule has 1 atom stereocenters. The Morgan fingerprint density at radius 2 is 1.88 bits per heavy atom. The monoisotopic (exact) mass is 249 g/mol. The van der Waals surface area contributed by atoms with Crippen LogP contribution >= 0.6 is 0 Å². The van der Waals surface area contributed by atoms with Crippen LogP contribution in [0.3, 0.4) is 0 Å². The molecule has 0 spiro atoms. The van der Waals surface area contributed by atoms with Crippen molar-refractivity contribution in [3.63, 3.8) is 0 Å². The largest absolute Gasteiger partial charge is 0.450 e. The van der Waals surface area contributed by atoms with E-state index in [0.29, 0.717) is 6.20 Å². The van der Waals surface area contributed by atoms with Crippen LogP contribution in [-0.4, -0.2) is 22.7 Å². The number of aromatic nitrogens is 1. The highest BCUT2D eigenvalue weighted by Crippen LogP contribution is 2.22. The summed E-state index contributed by atoms with van der Waals surface area (Å²) < 4.78 is 48.7. The zero-order chi connectivity index (χ0) is 13.2. The summed E-state index contributed by atoms with van der Waals surface area (Å²) in [6.07, 6.45) is -4.38. The fourth-order valence-electron chi connectivity index (χ4n) is 1.11. The SMILES string of the molecule is CC(C(=O)c1ccc(F)cn1)C(=O)C(F)(F)F.